The summed E-state index contributed by atoms with van der Waals surface area (Å²) < 4.78 is 5.00. The molecule has 8 nitrogen and oxygen atoms in total. The fourth-order valence-electron chi connectivity index (χ4n) is 2.09. The highest BCUT2D eigenvalue weighted by molar-refractivity contribution is 5.86. The lowest BCUT2D eigenvalue weighted by Gasteiger charge is -2.25. The number of esters is 1. The molecule has 0 spiro atoms. The molecule has 18 heavy (non-hydrogen) atoms. The van der Waals surface area contributed by atoms with E-state index in [4.69, 9.17) is 4.74 Å². The van der Waals surface area contributed by atoms with Gasteiger partial charge in [-0.2, -0.15) is 0 Å². The Balaban J connectivity index is 1.96. The van der Waals surface area contributed by atoms with Crippen LogP contribution in [0.3, 0.4) is 0 Å². The Bertz CT molecular complexity index is 375. The highest BCUT2D eigenvalue weighted by atomic mass is 16.5. The quantitative estimate of drug-likeness (QED) is 0.502. The average Bonchev–Trinajstić information content (AvgIpc) is 2.65. The lowest BCUT2D eigenvalue weighted by molar-refractivity contribution is -0.147. The second-order valence-electron chi connectivity index (χ2n) is 4.64. The van der Waals surface area contributed by atoms with Gasteiger partial charge < -0.3 is 26.0 Å². The lowest BCUT2D eigenvalue weighted by Crippen LogP contribution is -2.56. The van der Waals surface area contributed by atoms with Gasteiger partial charge in [-0.25, -0.2) is 9.59 Å². The minimum atomic E-state index is -0.954. The number of hydrogen-bond donors (Lipinski definition) is 4. The van der Waals surface area contributed by atoms with Gasteiger partial charge in [-0.15, -0.1) is 0 Å². The maximum absolute atomic E-state index is 11.5. The molecule has 8 heteroatoms. The van der Waals surface area contributed by atoms with Gasteiger partial charge in [-0.05, 0) is 13.8 Å². The Hall–Kier alpha value is -1.99. The number of urea groups is 2. The van der Waals surface area contributed by atoms with Crippen LogP contribution in [0.2, 0.25) is 0 Å². The van der Waals surface area contributed by atoms with Gasteiger partial charge in [0.05, 0.1) is 6.10 Å². The molecule has 4 amide bonds. The first-order chi connectivity index (χ1) is 8.41. The molecular formula is C10H16N4O4. The third-order valence-electron chi connectivity index (χ3n) is 2.81. The third kappa shape index (κ3) is 2.31. The maximum Gasteiger partial charge on any atom is 0.318 e. The van der Waals surface area contributed by atoms with E-state index >= 15 is 0 Å². The molecule has 0 aliphatic carbocycles. The number of amides is 4. The summed E-state index contributed by atoms with van der Waals surface area (Å²) in [6, 6.07) is -0.769. The van der Waals surface area contributed by atoms with Crippen molar-refractivity contribution in [3.8, 4) is 0 Å². The van der Waals surface area contributed by atoms with Crippen LogP contribution in [0.1, 0.15) is 26.7 Å². The van der Waals surface area contributed by atoms with Crippen molar-refractivity contribution in [2.75, 3.05) is 0 Å². The molecule has 0 saturated carbocycles. The minimum absolute atomic E-state index is 0.110. The maximum atomic E-state index is 11.5. The predicted molar refractivity (Wildman–Crippen MR) is 60.3 cm³/mol. The van der Waals surface area contributed by atoms with Crippen molar-refractivity contribution >= 4 is 18.0 Å². The number of carbonyl (C=O) groups excluding carboxylic acids is 3. The first-order valence-corrected chi connectivity index (χ1v) is 5.78. The summed E-state index contributed by atoms with van der Waals surface area (Å²) in [5.74, 6) is -0.361. The van der Waals surface area contributed by atoms with Crippen molar-refractivity contribution < 1.29 is 19.1 Å². The van der Waals surface area contributed by atoms with Crippen molar-refractivity contribution in [1.29, 1.82) is 0 Å². The zero-order valence-corrected chi connectivity index (χ0v) is 10.2. The molecule has 2 fully saturated rings. The van der Waals surface area contributed by atoms with Crippen molar-refractivity contribution in [3.05, 3.63) is 0 Å². The van der Waals surface area contributed by atoms with Crippen LogP contribution >= 0.6 is 0 Å². The molecule has 100 valence electrons. The fraction of sp³-hybridized carbons (Fsp3) is 0.700. The molecule has 0 aromatic heterocycles. The van der Waals surface area contributed by atoms with E-state index in [-0.39, 0.29) is 37.0 Å². The second-order valence-corrected chi connectivity index (χ2v) is 4.64. The Morgan fingerprint density at radius 3 is 2.33 bits per heavy atom. The number of ether oxygens (including phenoxy) is 1. The molecule has 0 unspecified atom stereocenters. The van der Waals surface area contributed by atoms with E-state index in [2.05, 4.69) is 21.3 Å². The third-order valence-corrected chi connectivity index (χ3v) is 2.81. The Morgan fingerprint density at radius 2 is 1.83 bits per heavy atom. The number of fused-ring (bicyclic) bond motifs is 1. The van der Waals surface area contributed by atoms with Gasteiger partial charge in [-0.1, -0.05) is 0 Å². The molecule has 2 heterocycles. The van der Waals surface area contributed by atoms with Gasteiger partial charge in [0.1, 0.15) is 6.17 Å². The molecule has 2 rings (SSSR count). The van der Waals surface area contributed by atoms with Gasteiger partial charge in [0.2, 0.25) is 0 Å². The van der Waals surface area contributed by atoms with Gasteiger partial charge in [0.25, 0.3) is 0 Å². The van der Waals surface area contributed by atoms with Crippen molar-refractivity contribution in [1.82, 2.24) is 21.3 Å². The first kappa shape index (κ1) is 12.5. The smallest absolute Gasteiger partial charge is 0.318 e. The highest BCUT2D eigenvalue weighted by Crippen LogP contribution is 2.22. The lowest BCUT2D eigenvalue weighted by atomic mass is 10.0. The molecular weight excluding hydrogens is 240 g/mol. The number of hydrogen-bond acceptors (Lipinski definition) is 4. The monoisotopic (exact) mass is 256 g/mol. The van der Waals surface area contributed by atoms with Crippen molar-refractivity contribution in [2.45, 2.75) is 44.6 Å². The molecule has 2 aliphatic heterocycles. The number of carbonyl (C=O) groups is 3. The van der Waals surface area contributed by atoms with Crippen LogP contribution < -0.4 is 21.3 Å². The number of nitrogens with one attached hydrogen (secondary N) is 4. The van der Waals surface area contributed by atoms with Crippen LogP contribution in [0.25, 0.3) is 0 Å². The second kappa shape index (κ2) is 4.35. The summed E-state index contributed by atoms with van der Waals surface area (Å²) in [5, 5.41) is 10.3. The zero-order chi connectivity index (χ0) is 13.3. The van der Waals surface area contributed by atoms with Crippen molar-refractivity contribution in [2.24, 2.45) is 0 Å². The Kier molecular flexibility index (Phi) is 3.02. The average molecular weight is 256 g/mol. The first-order valence-electron chi connectivity index (χ1n) is 5.78. The fourth-order valence-corrected chi connectivity index (χ4v) is 2.09. The topological polar surface area (TPSA) is 109 Å². The summed E-state index contributed by atoms with van der Waals surface area (Å²) in [5.41, 5.74) is -0.954. The van der Waals surface area contributed by atoms with E-state index < -0.39 is 11.8 Å². The Morgan fingerprint density at radius 1 is 1.28 bits per heavy atom. The molecule has 2 aliphatic rings. The van der Waals surface area contributed by atoms with Gasteiger partial charge >= 0.3 is 18.0 Å². The summed E-state index contributed by atoms with van der Waals surface area (Å²) in [4.78, 5) is 34.0. The van der Waals surface area contributed by atoms with E-state index in [1.54, 1.807) is 13.8 Å². The van der Waals surface area contributed by atoms with E-state index in [1.165, 1.54) is 0 Å². The van der Waals surface area contributed by atoms with Crippen LogP contribution in [0.15, 0.2) is 0 Å². The van der Waals surface area contributed by atoms with Gasteiger partial charge in [0, 0.05) is 12.8 Å². The Labute approximate surface area is 104 Å². The van der Waals surface area contributed by atoms with Crippen LogP contribution in [0, 0.1) is 0 Å². The van der Waals surface area contributed by atoms with Crippen molar-refractivity contribution in [3.63, 3.8) is 0 Å². The summed E-state index contributed by atoms with van der Waals surface area (Å²) >= 11 is 0. The molecule has 0 radical (unpaired) electrons. The molecule has 2 saturated heterocycles. The highest BCUT2D eigenvalue weighted by Gasteiger charge is 2.53. The van der Waals surface area contributed by atoms with Crippen LogP contribution in [-0.4, -0.2) is 36.0 Å². The summed E-state index contributed by atoms with van der Waals surface area (Å²) in [6.07, 6.45) is -0.359. The standard InChI is InChI=1S/C10H16N4O4/c1-5(2)18-6(15)3-4-10-7(11-8(16)13-10)12-9(17)14-10/h5,7H,3-4H2,1-2H3,(H2,11,13,16)(H2,12,14,17)/t7-,10+. The molecule has 0 aromatic carbocycles. The summed E-state index contributed by atoms with van der Waals surface area (Å²) in [7, 11) is 0. The minimum Gasteiger partial charge on any atom is -0.463 e. The van der Waals surface area contributed by atoms with E-state index in [9.17, 15) is 14.4 Å². The van der Waals surface area contributed by atoms with Crippen LogP contribution in [0.5, 0.6) is 0 Å². The van der Waals surface area contributed by atoms with E-state index in [0.717, 1.165) is 0 Å². The molecule has 0 atom stereocenters. The van der Waals surface area contributed by atoms with Gasteiger partial charge in [-0.3, -0.25) is 4.79 Å². The predicted octanol–water partition coefficient (Wildman–Crippen LogP) is -0.634. The largest absolute Gasteiger partial charge is 0.463 e. The number of rotatable bonds is 4. The zero-order valence-electron chi connectivity index (χ0n) is 10.2. The molecule has 0 aromatic rings. The van der Waals surface area contributed by atoms with E-state index in [1.807, 2.05) is 0 Å². The van der Waals surface area contributed by atoms with Crippen LogP contribution in [0.4, 0.5) is 9.59 Å². The normalized spacial score (nSPS) is 29.2. The molecule has 0 bridgehead atoms. The molecule has 4 N–H and O–H groups in total. The van der Waals surface area contributed by atoms with E-state index in [0.29, 0.717) is 0 Å². The summed E-state index contributed by atoms with van der Waals surface area (Å²) in [6.45, 7) is 3.52. The van der Waals surface area contributed by atoms with Crippen LogP contribution in [-0.2, 0) is 9.53 Å². The SMILES string of the molecule is CC(C)OC(=O)CC[C@]12NC(=O)N[C@H]1NC(=O)N2. The van der Waals surface area contributed by atoms with Gasteiger partial charge in [0.15, 0.2) is 5.66 Å².